The van der Waals surface area contributed by atoms with E-state index in [-0.39, 0.29) is 11.9 Å². The number of thiophene rings is 1. The number of nitrogens with one attached hydrogen (secondary N) is 1. The van der Waals surface area contributed by atoms with Crippen molar-refractivity contribution < 1.29 is 9.53 Å². The standard InChI is InChI=1S/C18H16BrN3O2S/c1-3-24-18(23)13-9(2)21-17-11(8-20-22-17)14(13)15-10-6-4-5-7-12(10)25-16(15)19/h4-8,13-14H,3H2,1-2H3,(H,20,22). The molecular formula is C18H16BrN3O2S. The minimum Gasteiger partial charge on any atom is -0.465 e. The summed E-state index contributed by atoms with van der Waals surface area (Å²) in [4.78, 5) is 17.3. The van der Waals surface area contributed by atoms with Crippen molar-refractivity contribution in [3.63, 3.8) is 0 Å². The minimum atomic E-state index is -0.459. The lowest BCUT2D eigenvalue weighted by atomic mass is 9.77. The third kappa shape index (κ3) is 2.62. The molecule has 0 fully saturated rings. The van der Waals surface area contributed by atoms with Gasteiger partial charge in [0.2, 0.25) is 0 Å². The van der Waals surface area contributed by atoms with Crippen molar-refractivity contribution in [3.8, 4) is 0 Å². The molecule has 3 aromatic rings. The van der Waals surface area contributed by atoms with Crippen LogP contribution in [0.25, 0.3) is 10.1 Å². The van der Waals surface area contributed by atoms with Crippen molar-refractivity contribution in [2.45, 2.75) is 19.8 Å². The highest BCUT2D eigenvalue weighted by Gasteiger charge is 2.41. The Hall–Kier alpha value is -1.99. The molecule has 1 aliphatic heterocycles. The first kappa shape index (κ1) is 16.5. The fraction of sp³-hybridized carbons (Fsp3) is 0.278. The molecule has 2 atom stereocenters. The number of hydrogen-bond donors (Lipinski definition) is 1. The van der Waals surface area contributed by atoms with E-state index >= 15 is 0 Å². The largest absolute Gasteiger partial charge is 0.465 e. The Bertz CT molecular complexity index is 991. The summed E-state index contributed by atoms with van der Waals surface area (Å²) in [5.41, 5.74) is 2.76. The molecule has 0 bridgehead atoms. The Balaban J connectivity index is 1.96. The summed E-state index contributed by atoms with van der Waals surface area (Å²) in [6.45, 7) is 4.04. The lowest BCUT2D eigenvalue weighted by molar-refractivity contribution is -0.146. The molecule has 0 saturated carbocycles. The minimum absolute atomic E-state index is 0.184. The molecule has 0 amide bonds. The van der Waals surface area contributed by atoms with E-state index in [9.17, 15) is 4.79 Å². The van der Waals surface area contributed by atoms with Crippen LogP contribution in [0.2, 0.25) is 0 Å². The predicted molar refractivity (Wildman–Crippen MR) is 103 cm³/mol. The van der Waals surface area contributed by atoms with Crippen molar-refractivity contribution in [2.24, 2.45) is 10.9 Å². The van der Waals surface area contributed by atoms with Crippen LogP contribution in [0.3, 0.4) is 0 Å². The molecule has 0 radical (unpaired) electrons. The molecule has 2 unspecified atom stereocenters. The van der Waals surface area contributed by atoms with Crippen molar-refractivity contribution >= 4 is 54.9 Å². The highest BCUT2D eigenvalue weighted by Crippen LogP contribution is 2.49. The summed E-state index contributed by atoms with van der Waals surface area (Å²) in [5.74, 6) is -0.178. The smallest absolute Gasteiger partial charge is 0.315 e. The molecule has 5 nitrogen and oxygen atoms in total. The number of rotatable bonds is 3. The molecule has 3 heterocycles. The van der Waals surface area contributed by atoms with Crippen molar-refractivity contribution in [1.82, 2.24) is 10.2 Å². The van der Waals surface area contributed by atoms with Crippen LogP contribution in [0.4, 0.5) is 5.82 Å². The van der Waals surface area contributed by atoms with E-state index in [0.29, 0.717) is 12.4 Å². The number of halogens is 1. The number of fused-ring (bicyclic) bond motifs is 2. The van der Waals surface area contributed by atoms with Gasteiger partial charge in [-0.1, -0.05) is 18.2 Å². The van der Waals surface area contributed by atoms with Crippen molar-refractivity contribution in [1.29, 1.82) is 0 Å². The van der Waals surface area contributed by atoms with Gasteiger partial charge in [0.15, 0.2) is 5.82 Å². The number of benzene rings is 1. The maximum absolute atomic E-state index is 12.7. The summed E-state index contributed by atoms with van der Waals surface area (Å²) in [5, 5.41) is 8.23. The monoisotopic (exact) mass is 417 g/mol. The Morgan fingerprint density at radius 2 is 2.20 bits per heavy atom. The molecule has 1 N–H and O–H groups in total. The summed E-state index contributed by atoms with van der Waals surface area (Å²) >= 11 is 5.39. The van der Waals surface area contributed by atoms with Crippen LogP contribution in [0, 0.1) is 5.92 Å². The first-order valence-corrected chi connectivity index (χ1v) is 9.64. The molecular weight excluding hydrogens is 402 g/mol. The highest BCUT2D eigenvalue weighted by atomic mass is 79.9. The maximum atomic E-state index is 12.7. The zero-order valence-electron chi connectivity index (χ0n) is 13.7. The number of aliphatic imine (C=N–C) groups is 1. The van der Waals surface area contributed by atoms with Gasteiger partial charge in [-0.05, 0) is 46.8 Å². The second kappa shape index (κ2) is 6.38. The Morgan fingerprint density at radius 1 is 1.40 bits per heavy atom. The van der Waals surface area contributed by atoms with Crippen LogP contribution in [0.5, 0.6) is 0 Å². The Labute approximate surface area is 157 Å². The Kier molecular flexibility index (Phi) is 4.21. The number of ether oxygens (including phenoxy) is 1. The van der Waals surface area contributed by atoms with E-state index in [2.05, 4.69) is 43.3 Å². The molecule has 0 saturated heterocycles. The zero-order valence-corrected chi connectivity index (χ0v) is 16.1. The van der Waals surface area contributed by atoms with Gasteiger partial charge in [0.1, 0.15) is 5.92 Å². The van der Waals surface area contributed by atoms with Crippen molar-refractivity contribution in [3.05, 3.63) is 45.4 Å². The fourth-order valence-electron chi connectivity index (χ4n) is 3.46. The van der Waals surface area contributed by atoms with E-state index < -0.39 is 5.92 Å². The normalized spacial score (nSPS) is 19.6. The van der Waals surface area contributed by atoms with Gasteiger partial charge in [-0.25, -0.2) is 4.99 Å². The van der Waals surface area contributed by atoms with Crippen LogP contribution >= 0.6 is 27.3 Å². The molecule has 128 valence electrons. The second-order valence-corrected chi connectivity index (χ2v) is 8.29. The van der Waals surface area contributed by atoms with Gasteiger partial charge < -0.3 is 4.74 Å². The molecule has 2 aromatic heterocycles. The van der Waals surface area contributed by atoms with E-state index in [1.54, 1.807) is 17.5 Å². The average molecular weight is 418 g/mol. The van der Waals surface area contributed by atoms with Crippen LogP contribution < -0.4 is 0 Å². The first-order chi connectivity index (χ1) is 12.1. The Morgan fingerprint density at radius 3 is 3.00 bits per heavy atom. The van der Waals surface area contributed by atoms with E-state index in [1.165, 1.54) is 4.70 Å². The molecule has 7 heteroatoms. The van der Waals surface area contributed by atoms with Gasteiger partial charge in [0.25, 0.3) is 0 Å². The maximum Gasteiger partial charge on any atom is 0.315 e. The number of nitrogens with zero attached hydrogens (tertiary/aromatic N) is 2. The number of esters is 1. The number of carbonyl (C=O) groups is 1. The zero-order chi connectivity index (χ0) is 17.6. The number of aromatic nitrogens is 2. The van der Waals surface area contributed by atoms with Crippen LogP contribution in [0.15, 0.2) is 39.2 Å². The fourth-order valence-corrected chi connectivity index (χ4v) is 5.42. The molecule has 1 aliphatic rings. The third-order valence-electron chi connectivity index (χ3n) is 4.49. The average Bonchev–Trinajstić information content (AvgIpc) is 3.16. The van der Waals surface area contributed by atoms with E-state index in [1.807, 2.05) is 26.0 Å². The summed E-state index contributed by atoms with van der Waals surface area (Å²) in [6.07, 6.45) is 1.76. The second-order valence-electron chi connectivity index (χ2n) is 5.92. The molecule has 0 spiro atoms. The molecule has 0 aliphatic carbocycles. The lowest BCUT2D eigenvalue weighted by Crippen LogP contribution is -2.33. The topological polar surface area (TPSA) is 67.3 Å². The summed E-state index contributed by atoms with van der Waals surface area (Å²) in [7, 11) is 0. The summed E-state index contributed by atoms with van der Waals surface area (Å²) in [6, 6.07) is 8.22. The molecule has 25 heavy (non-hydrogen) atoms. The van der Waals surface area contributed by atoms with Crippen molar-refractivity contribution in [2.75, 3.05) is 6.61 Å². The SMILES string of the molecule is CCOC(=O)C1C(C)=Nc2[nH]ncc2C1c1c(Br)sc2ccccc12. The summed E-state index contributed by atoms with van der Waals surface area (Å²) < 4.78 is 7.56. The van der Waals surface area contributed by atoms with Gasteiger partial charge in [0.05, 0.1) is 16.6 Å². The molecule has 1 aromatic carbocycles. The van der Waals surface area contributed by atoms with Gasteiger partial charge in [0, 0.05) is 21.9 Å². The van der Waals surface area contributed by atoms with E-state index in [4.69, 9.17) is 4.74 Å². The quantitative estimate of drug-likeness (QED) is 0.621. The van der Waals surface area contributed by atoms with Crippen LogP contribution in [0.1, 0.15) is 30.9 Å². The molecule has 4 rings (SSSR count). The predicted octanol–water partition coefficient (Wildman–Crippen LogP) is 4.80. The first-order valence-electron chi connectivity index (χ1n) is 8.03. The van der Waals surface area contributed by atoms with Gasteiger partial charge in [-0.3, -0.25) is 9.89 Å². The number of hydrogen-bond acceptors (Lipinski definition) is 5. The third-order valence-corrected chi connectivity index (χ3v) is 6.38. The number of carbonyl (C=O) groups excluding carboxylic acids is 1. The van der Waals surface area contributed by atoms with Crippen LogP contribution in [-0.2, 0) is 9.53 Å². The number of H-pyrrole nitrogens is 1. The van der Waals surface area contributed by atoms with Gasteiger partial charge in [-0.15, -0.1) is 11.3 Å². The van der Waals surface area contributed by atoms with E-state index in [0.717, 1.165) is 26.0 Å². The lowest BCUT2D eigenvalue weighted by Gasteiger charge is -2.29. The van der Waals surface area contributed by atoms with Crippen LogP contribution in [-0.4, -0.2) is 28.5 Å². The van der Waals surface area contributed by atoms with Gasteiger partial charge >= 0.3 is 5.97 Å². The van der Waals surface area contributed by atoms with Gasteiger partial charge in [-0.2, -0.15) is 5.10 Å². The number of aromatic amines is 1. The highest BCUT2D eigenvalue weighted by molar-refractivity contribution is 9.11.